The lowest BCUT2D eigenvalue weighted by atomic mass is 9.90. The van der Waals surface area contributed by atoms with Gasteiger partial charge in [-0.25, -0.2) is 0 Å². The van der Waals surface area contributed by atoms with Crippen LogP contribution in [0.1, 0.15) is 70.9 Å². The number of fused-ring (bicyclic) bond motifs is 3. The van der Waals surface area contributed by atoms with Crippen molar-refractivity contribution in [3.8, 4) is 11.1 Å². The van der Waals surface area contributed by atoms with Crippen molar-refractivity contribution in [2.45, 2.75) is 71.4 Å². The predicted molar refractivity (Wildman–Crippen MR) is 149 cm³/mol. The van der Waals surface area contributed by atoms with Crippen molar-refractivity contribution in [1.29, 1.82) is 0 Å². The number of anilines is 1. The van der Waals surface area contributed by atoms with E-state index in [1.807, 2.05) is 47.4 Å². The molecule has 2 N–H and O–H groups in total. The lowest BCUT2D eigenvalue weighted by molar-refractivity contribution is -0.133. The molecule has 6 heteroatoms. The van der Waals surface area contributed by atoms with E-state index >= 15 is 0 Å². The zero-order chi connectivity index (χ0) is 26.4. The average molecular weight is 506 g/mol. The summed E-state index contributed by atoms with van der Waals surface area (Å²) in [5.41, 5.74) is 3.65. The van der Waals surface area contributed by atoms with Crippen LogP contribution in [-0.4, -0.2) is 54.1 Å². The van der Waals surface area contributed by atoms with E-state index < -0.39 is 18.1 Å². The van der Waals surface area contributed by atoms with Gasteiger partial charge in [0.05, 0.1) is 17.7 Å². The summed E-state index contributed by atoms with van der Waals surface area (Å²) in [6.07, 6.45) is 4.70. The molecule has 0 spiro atoms. The van der Waals surface area contributed by atoms with Gasteiger partial charge in [0, 0.05) is 18.7 Å². The number of rotatable bonds is 13. The van der Waals surface area contributed by atoms with E-state index in [1.54, 1.807) is 0 Å². The number of carbonyl (C=O) groups excluding carboxylic acids is 2. The Kier molecular flexibility index (Phi) is 9.38. The van der Waals surface area contributed by atoms with Crippen LogP contribution in [0.15, 0.2) is 48.5 Å². The van der Waals surface area contributed by atoms with Gasteiger partial charge in [-0.2, -0.15) is 0 Å². The van der Waals surface area contributed by atoms with E-state index in [1.165, 1.54) is 0 Å². The molecular formula is C31H43N3O3. The highest BCUT2D eigenvalue weighted by atomic mass is 16.3. The molecule has 4 rings (SSSR count). The van der Waals surface area contributed by atoms with Gasteiger partial charge >= 0.3 is 0 Å². The van der Waals surface area contributed by atoms with Crippen LogP contribution in [-0.2, 0) is 9.59 Å². The molecule has 2 aromatic carbocycles. The maximum Gasteiger partial charge on any atom is 0.254 e. The van der Waals surface area contributed by atoms with Gasteiger partial charge in [0.25, 0.3) is 5.91 Å². The Morgan fingerprint density at radius 1 is 1.05 bits per heavy atom. The zero-order valence-electron chi connectivity index (χ0n) is 22.7. The molecule has 1 aliphatic heterocycles. The molecule has 6 nitrogen and oxygen atoms in total. The number of nitrogens with zero attached hydrogens (tertiary/aromatic N) is 2. The topological polar surface area (TPSA) is 72.9 Å². The molecule has 2 amide bonds. The monoisotopic (exact) mass is 505 g/mol. The fourth-order valence-electron chi connectivity index (χ4n) is 5.51. The number of unbranched alkanes of at least 4 members (excludes halogenated alkanes) is 1. The van der Waals surface area contributed by atoms with Gasteiger partial charge < -0.3 is 20.2 Å². The van der Waals surface area contributed by atoms with E-state index in [-0.39, 0.29) is 11.8 Å². The van der Waals surface area contributed by atoms with E-state index in [0.717, 1.165) is 67.7 Å². The summed E-state index contributed by atoms with van der Waals surface area (Å²) in [5.74, 6) is -0.322. The first-order chi connectivity index (χ1) is 18.0. The fourth-order valence-corrected chi connectivity index (χ4v) is 5.51. The second kappa shape index (κ2) is 12.7. The molecule has 3 atom stereocenters. The third-order valence-electron chi connectivity index (χ3n) is 8.03. The number of amides is 2. The van der Waals surface area contributed by atoms with E-state index in [0.29, 0.717) is 25.3 Å². The first kappa shape index (κ1) is 27.3. The summed E-state index contributed by atoms with van der Waals surface area (Å²) in [5, 5.41) is 14.1. The summed E-state index contributed by atoms with van der Waals surface area (Å²) >= 11 is 0. The lowest BCUT2D eigenvalue weighted by Crippen LogP contribution is -2.47. The van der Waals surface area contributed by atoms with Crippen molar-refractivity contribution in [3.05, 3.63) is 54.1 Å². The standard InChI is InChI=1S/C31H43N3O3/c1-4-7-16-28(35)26(21-22-17-18-22)30(36)32-29-25-14-9-8-12-23(25)24-13-10-11-15-27(24)34(31(29)37)20-19-33(5-2)6-3/h8-15,22,26,28-29,35H,4-7,16-21H2,1-3H3,(H,32,36)/t26-,28+,29?/m1/s1. The maximum atomic E-state index is 14.2. The molecule has 1 aliphatic carbocycles. The van der Waals surface area contributed by atoms with Crippen LogP contribution in [0.3, 0.4) is 0 Å². The van der Waals surface area contributed by atoms with Gasteiger partial charge in [0.15, 0.2) is 0 Å². The fraction of sp³-hybridized carbons (Fsp3) is 0.548. The number of likely N-dealkylation sites (N-methyl/N-ethyl adjacent to an activating group) is 1. The first-order valence-electron chi connectivity index (χ1n) is 14.2. The second-order valence-electron chi connectivity index (χ2n) is 10.6. The Labute approximate surface area is 222 Å². The normalized spacial score (nSPS) is 18.7. The average Bonchev–Trinajstić information content (AvgIpc) is 3.76. The van der Waals surface area contributed by atoms with E-state index in [9.17, 15) is 14.7 Å². The van der Waals surface area contributed by atoms with Crippen LogP contribution in [0, 0.1) is 11.8 Å². The highest BCUT2D eigenvalue weighted by molar-refractivity contribution is 6.06. The third kappa shape index (κ3) is 6.42. The van der Waals surface area contributed by atoms with Gasteiger partial charge in [0.2, 0.25) is 5.91 Å². The molecule has 200 valence electrons. The smallest absolute Gasteiger partial charge is 0.254 e. The number of para-hydroxylation sites is 1. The quantitative estimate of drug-likeness (QED) is 0.394. The molecule has 2 aliphatic rings. The molecule has 0 saturated heterocycles. The molecular weight excluding hydrogens is 462 g/mol. The first-order valence-corrected chi connectivity index (χ1v) is 14.2. The minimum absolute atomic E-state index is 0.119. The van der Waals surface area contributed by atoms with Crippen LogP contribution in [0.4, 0.5) is 5.69 Å². The summed E-state index contributed by atoms with van der Waals surface area (Å²) < 4.78 is 0. The highest BCUT2D eigenvalue weighted by Gasteiger charge is 2.39. The largest absolute Gasteiger partial charge is 0.392 e. The molecule has 1 unspecified atom stereocenters. The molecule has 0 bridgehead atoms. The summed E-state index contributed by atoms with van der Waals surface area (Å²) in [6.45, 7) is 9.48. The van der Waals surface area contributed by atoms with Crippen molar-refractivity contribution in [2.24, 2.45) is 11.8 Å². The van der Waals surface area contributed by atoms with Gasteiger partial charge in [-0.05, 0) is 49.0 Å². The SMILES string of the molecule is CCCC[C@H](O)[C@@H](CC1CC1)C(=O)NC1C(=O)N(CCN(CC)CC)c2ccccc2-c2ccccc21. The van der Waals surface area contributed by atoms with Crippen LogP contribution < -0.4 is 10.2 Å². The van der Waals surface area contributed by atoms with E-state index in [4.69, 9.17) is 0 Å². The third-order valence-corrected chi connectivity index (χ3v) is 8.03. The number of nitrogens with one attached hydrogen (secondary N) is 1. The van der Waals surface area contributed by atoms with Crippen molar-refractivity contribution < 1.29 is 14.7 Å². The minimum atomic E-state index is -0.798. The molecule has 2 aromatic rings. The molecule has 1 fully saturated rings. The van der Waals surface area contributed by atoms with Gasteiger partial charge in [-0.3, -0.25) is 9.59 Å². The van der Waals surface area contributed by atoms with Crippen LogP contribution in [0.5, 0.6) is 0 Å². The van der Waals surface area contributed by atoms with Crippen molar-refractivity contribution in [2.75, 3.05) is 31.1 Å². The molecule has 37 heavy (non-hydrogen) atoms. The van der Waals surface area contributed by atoms with Crippen LogP contribution in [0.2, 0.25) is 0 Å². The van der Waals surface area contributed by atoms with Crippen molar-refractivity contribution in [3.63, 3.8) is 0 Å². The predicted octanol–water partition coefficient (Wildman–Crippen LogP) is 5.17. The minimum Gasteiger partial charge on any atom is -0.392 e. The Bertz CT molecular complexity index is 1060. The Morgan fingerprint density at radius 3 is 2.41 bits per heavy atom. The van der Waals surface area contributed by atoms with Crippen molar-refractivity contribution >= 4 is 17.5 Å². The number of aliphatic hydroxyl groups excluding tert-OH is 1. The Hall–Kier alpha value is -2.70. The highest BCUT2D eigenvalue weighted by Crippen LogP contribution is 2.41. The number of hydrogen-bond acceptors (Lipinski definition) is 4. The van der Waals surface area contributed by atoms with Gasteiger partial charge in [0.1, 0.15) is 6.04 Å². The molecule has 1 heterocycles. The molecule has 0 aromatic heterocycles. The summed E-state index contributed by atoms with van der Waals surface area (Å²) in [4.78, 5) is 32.1. The number of carbonyl (C=O) groups is 2. The second-order valence-corrected chi connectivity index (χ2v) is 10.6. The summed E-state index contributed by atoms with van der Waals surface area (Å²) in [7, 11) is 0. The molecule has 0 radical (unpaired) electrons. The Balaban J connectivity index is 1.67. The number of benzene rings is 2. The van der Waals surface area contributed by atoms with Crippen LogP contribution >= 0.6 is 0 Å². The number of hydrogen-bond donors (Lipinski definition) is 2. The van der Waals surface area contributed by atoms with Crippen LogP contribution in [0.25, 0.3) is 11.1 Å². The Morgan fingerprint density at radius 2 is 1.73 bits per heavy atom. The van der Waals surface area contributed by atoms with Crippen molar-refractivity contribution in [1.82, 2.24) is 10.2 Å². The zero-order valence-corrected chi connectivity index (χ0v) is 22.7. The summed E-state index contributed by atoms with van der Waals surface area (Å²) in [6, 6.07) is 15.1. The number of aliphatic hydroxyl groups is 1. The van der Waals surface area contributed by atoms with Gasteiger partial charge in [-0.15, -0.1) is 0 Å². The van der Waals surface area contributed by atoms with Gasteiger partial charge in [-0.1, -0.05) is 88.9 Å². The molecule has 1 saturated carbocycles. The lowest BCUT2D eigenvalue weighted by Gasteiger charge is -2.30. The van der Waals surface area contributed by atoms with E-state index in [2.05, 4.69) is 37.1 Å². The maximum absolute atomic E-state index is 14.2.